The average Bonchev–Trinajstić information content (AvgIpc) is 3.44. The van der Waals surface area contributed by atoms with E-state index in [0.29, 0.717) is 25.8 Å². The van der Waals surface area contributed by atoms with E-state index in [9.17, 15) is 27.6 Å². The Morgan fingerprint density at radius 2 is 1.63 bits per heavy atom. The highest BCUT2D eigenvalue weighted by Gasteiger charge is 2.35. The monoisotopic (exact) mass is 584 g/mol. The van der Waals surface area contributed by atoms with Crippen LogP contribution in [0.5, 0.6) is 0 Å². The Bertz CT molecular complexity index is 1330. The normalized spacial score (nSPS) is 16.5. The predicted octanol–water partition coefficient (Wildman–Crippen LogP) is 1.69. The maximum atomic E-state index is 13.0. The standard InChI is InChI=1S/C29H36N4O7S/c1-21(27(35)32-24(15-17-41(2,38)39)18-22-10-5-3-6-11-22)31-28(36)25-14-9-16-33(25)26(34)19-30-29(37)40-20-23-12-7-4-8-13-23/h3-8,10-13,15,17,21,24-25H,9,14,16,18-20H2,1-2H3,(H,30,37)(H,31,36)(H,32,35)/b17-15+/t21-,24?,25-/m0/s1. The van der Waals surface area contributed by atoms with Gasteiger partial charge in [-0.25, -0.2) is 13.2 Å². The summed E-state index contributed by atoms with van der Waals surface area (Å²) in [6.07, 6.45) is 3.08. The molecule has 0 bridgehead atoms. The number of alkyl carbamates (subject to hydrolysis) is 1. The number of likely N-dealkylation sites (tertiary alicyclic amines) is 1. The van der Waals surface area contributed by atoms with Crippen LogP contribution in [0.15, 0.2) is 72.1 Å². The summed E-state index contributed by atoms with van der Waals surface area (Å²) in [5.74, 6) is -1.43. The number of nitrogens with zero attached hydrogens (tertiary/aromatic N) is 1. The zero-order valence-electron chi connectivity index (χ0n) is 23.1. The number of carbonyl (C=O) groups is 4. The van der Waals surface area contributed by atoms with Crippen molar-refractivity contribution in [1.29, 1.82) is 0 Å². The van der Waals surface area contributed by atoms with Gasteiger partial charge in [-0.05, 0) is 37.3 Å². The number of ether oxygens (including phenoxy) is 1. The number of benzene rings is 2. The van der Waals surface area contributed by atoms with E-state index in [0.717, 1.165) is 22.8 Å². The van der Waals surface area contributed by atoms with Gasteiger partial charge in [-0.15, -0.1) is 0 Å². The molecule has 1 saturated heterocycles. The van der Waals surface area contributed by atoms with Crippen LogP contribution in [0.1, 0.15) is 30.9 Å². The molecule has 12 heteroatoms. The summed E-state index contributed by atoms with van der Waals surface area (Å²) in [6.45, 7) is 1.58. The second-order valence-electron chi connectivity index (χ2n) is 9.85. The zero-order valence-corrected chi connectivity index (χ0v) is 23.9. The van der Waals surface area contributed by atoms with Crippen LogP contribution >= 0.6 is 0 Å². The minimum atomic E-state index is -3.41. The van der Waals surface area contributed by atoms with Gasteiger partial charge in [0.25, 0.3) is 0 Å². The Kier molecular flexibility index (Phi) is 11.5. The molecule has 3 atom stereocenters. The first kappa shape index (κ1) is 31.3. The number of amides is 4. The molecule has 1 aliphatic heterocycles. The molecule has 1 unspecified atom stereocenters. The highest BCUT2D eigenvalue weighted by molar-refractivity contribution is 7.93. The molecule has 1 aliphatic rings. The molecule has 3 N–H and O–H groups in total. The number of sulfone groups is 1. The molecule has 0 radical (unpaired) electrons. The van der Waals surface area contributed by atoms with Crippen LogP contribution in [0.4, 0.5) is 4.79 Å². The van der Waals surface area contributed by atoms with E-state index in [1.807, 2.05) is 60.7 Å². The van der Waals surface area contributed by atoms with Gasteiger partial charge < -0.3 is 25.6 Å². The Morgan fingerprint density at radius 3 is 2.27 bits per heavy atom. The third-order valence-electron chi connectivity index (χ3n) is 6.41. The number of carbonyl (C=O) groups excluding carboxylic acids is 4. The van der Waals surface area contributed by atoms with Crippen molar-refractivity contribution in [3.63, 3.8) is 0 Å². The van der Waals surface area contributed by atoms with Crippen LogP contribution in [-0.4, -0.2) is 74.6 Å². The molecular weight excluding hydrogens is 548 g/mol. The zero-order chi connectivity index (χ0) is 29.8. The molecule has 0 aliphatic carbocycles. The fraction of sp³-hybridized carbons (Fsp3) is 0.379. The fourth-order valence-corrected chi connectivity index (χ4v) is 4.79. The van der Waals surface area contributed by atoms with E-state index in [2.05, 4.69) is 16.0 Å². The molecular formula is C29H36N4O7S. The van der Waals surface area contributed by atoms with Crippen LogP contribution in [0.3, 0.4) is 0 Å². The largest absolute Gasteiger partial charge is 0.445 e. The van der Waals surface area contributed by atoms with Crippen molar-refractivity contribution in [2.24, 2.45) is 0 Å². The van der Waals surface area contributed by atoms with E-state index in [1.54, 1.807) is 0 Å². The van der Waals surface area contributed by atoms with E-state index < -0.39 is 51.8 Å². The minimum Gasteiger partial charge on any atom is -0.445 e. The summed E-state index contributed by atoms with van der Waals surface area (Å²) >= 11 is 0. The molecule has 2 aromatic rings. The molecule has 2 aromatic carbocycles. The maximum absolute atomic E-state index is 13.0. The molecule has 3 rings (SSSR count). The molecule has 41 heavy (non-hydrogen) atoms. The van der Waals surface area contributed by atoms with Crippen LogP contribution in [0.25, 0.3) is 0 Å². The number of hydrogen-bond acceptors (Lipinski definition) is 7. The van der Waals surface area contributed by atoms with Gasteiger partial charge in [0, 0.05) is 18.2 Å². The van der Waals surface area contributed by atoms with Gasteiger partial charge in [0.1, 0.15) is 25.2 Å². The summed E-state index contributed by atoms with van der Waals surface area (Å²) in [7, 11) is -3.41. The lowest BCUT2D eigenvalue weighted by atomic mass is 10.1. The Balaban J connectivity index is 1.51. The van der Waals surface area contributed by atoms with Crippen molar-refractivity contribution in [2.75, 3.05) is 19.3 Å². The van der Waals surface area contributed by atoms with Crippen LogP contribution in [0.2, 0.25) is 0 Å². The minimum absolute atomic E-state index is 0.0613. The summed E-state index contributed by atoms with van der Waals surface area (Å²) < 4.78 is 28.4. The quantitative estimate of drug-likeness (QED) is 0.344. The first-order chi connectivity index (χ1) is 19.5. The number of nitrogens with one attached hydrogen (secondary N) is 3. The van der Waals surface area contributed by atoms with Crippen molar-refractivity contribution in [1.82, 2.24) is 20.9 Å². The van der Waals surface area contributed by atoms with Gasteiger partial charge in [0.05, 0.1) is 6.04 Å². The summed E-state index contributed by atoms with van der Waals surface area (Å²) in [5.41, 5.74) is 1.70. The lowest BCUT2D eigenvalue weighted by Gasteiger charge is -2.26. The molecule has 1 fully saturated rings. The van der Waals surface area contributed by atoms with Crippen molar-refractivity contribution < 1.29 is 32.3 Å². The Labute approximate surface area is 240 Å². The molecule has 0 spiro atoms. The first-order valence-electron chi connectivity index (χ1n) is 13.3. The summed E-state index contributed by atoms with van der Waals surface area (Å²) in [4.78, 5) is 52.1. The average molecular weight is 585 g/mol. The number of rotatable bonds is 12. The highest BCUT2D eigenvalue weighted by Crippen LogP contribution is 2.18. The van der Waals surface area contributed by atoms with Crippen LogP contribution in [-0.2, 0) is 42.0 Å². The Morgan fingerprint density at radius 1 is 1.00 bits per heavy atom. The third-order valence-corrected chi connectivity index (χ3v) is 7.06. The van der Waals surface area contributed by atoms with Crippen LogP contribution < -0.4 is 16.0 Å². The topological polar surface area (TPSA) is 151 Å². The summed E-state index contributed by atoms with van der Waals surface area (Å²) in [5, 5.41) is 8.88. The molecule has 11 nitrogen and oxygen atoms in total. The number of hydrogen-bond donors (Lipinski definition) is 3. The van der Waals surface area contributed by atoms with Gasteiger partial charge >= 0.3 is 6.09 Å². The van der Waals surface area contributed by atoms with E-state index in [-0.39, 0.29) is 13.2 Å². The predicted molar refractivity (Wildman–Crippen MR) is 153 cm³/mol. The van der Waals surface area contributed by atoms with E-state index >= 15 is 0 Å². The van der Waals surface area contributed by atoms with E-state index in [1.165, 1.54) is 17.9 Å². The molecule has 0 aromatic heterocycles. The lowest BCUT2D eigenvalue weighted by molar-refractivity contribution is -0.138. The first-order valence-corrected chi connectivity index (χ1v) is 15.2. The smallest absolute Gasteiger partial charge is 0.407 e. The summed E-state index contributed by atoms with van der Waals surface area (Å²) in [6, 6.07) is 16.0. The fourth-order valence-electron chi connectivity index (χ4n) is 4.32. The van der Waals surface area contributed by atoms with Crippen molar-refractivity contribution in [3.8, 4) is 0 Å². The highest BCUT2D eigenvalue weighted by atomic mass is 32.2. The van der Waals surface area contributed by atoms with Gasteiger partial charge in [-0.2, -0.15) is 0 Å². The molecule has 4 amide bonds. The Hall–Kier alpha value is -4.19. The second kappa shape index (κ2) is 15.0. The van der Waals surface area contributed by atoms with Gasteiger partial charge in [-0.3, -0.25) is 14.4 Å². The molecule has 0 saturated carbocycles. The SMILES string of the molecule is C[C@H](NC(=O)[C@@H]1CCCN1C(=O)CNC(=O)OCc1ccccc1)C(=O)NC(/C=C/S(C)(=O)=O)Cc1ccccc1. The lowest BCUT2D eigenvalue weighted by Crippen LogP contribution is -2.54. The van der Waals surface area contributed by atoms with Gasteiger partial charge in [-0.1, -0.05) is 66.7 Å². The van der Waals surface area contributed by atoms with E-state index in [4.69, 9.17) is 4.74 Å². The van der Waals surface area contributed by atoms with Crippen LogP contribution in [0, 0.1) is 0 Å². The van der Waals surface area contributed by atoms with Crippen molar-refractivity contribution in [3.05, 3.63) is 83.3 Å². The van der Waals surface area contributed by atoms with Gasteiger partial charge in [0.15, 0.2) is 9.84 Å². The molecule has 220 valence electrons. The van der Waals surface area contributed by atoms with Gasteiger partial charge in [0.2, 0.25) is 17.7 Å². The second-order valence-corrected chi connectivity index (χ2v) is 11.8. The van der Waals surface area contributed by atoms with Crippen molar-refractivity contribution in [2.45, 2.75) is 50.9 Å². The maximum Gasteiger partial charge on any atom is 0.407 e. The van der Waals surface area contributed by atoms with Crippen molar-refractivity contribution >= 4 is 33.7 Å². The molecule has 1 heterocycles. The third kappa shape index (κ3) is 10.7.